The summed E-state index contributed by atoms with van der Waals surface area (Å²) in [7, 11) is 2.66. The van der Waals surface area contributed by atoms with Crippen LogP contribution in [0.15, 0.2) is 27.4 Å². The van der Waals surface area contributed by atoms with Crippen LogP contribution in [0.1, 0.15) is 16.2 Å². The Balaban J connectivity index is 2.31. The first-order valence-electron chi connectivity index (χ1n) is 7.14. The lowest BCUT2D eigenvalue weighted by molar-refractivity contribution is 0.0602. The maximum Gasteiger partial charge on any atom is 0.345 e. The van der Waals surface area contributed by atoms with Gasteiger partial charge >= 0.3 is 5.97 Å². The Bertz CT molecular complexity index is 1060. The molecule has 0 saturated carbocycles. The highest BCUT2D eigenvalue weighted by molar-refractivity contribution is 14.1. The number of aromatic nitrogens is 2. The molecule has 7 nitrogen and oxygen atoms in total. The van der Waals surface area contributed by atoms with Crippen molar-refractivity contribution < 1.29 is 18.3 Å². The maximum absolute atomic E-state index is 14.2. The fraction of sp³-hybridized carbons (Fsp3) is 0.188. The number of carbonyl (C=O) groups is 1. The van der Waals surface area contributed by atoms with Crippen LogP contribution < -0.4 is 10.9 Å². The lowest BCUT2D eigenvalue weighted by Crippen LogP contribution is -2.24. The van der Waals surface area contributed by atoms with Crippen molar-refractivity contribution in [2.75, 3.05) is 12.4 Å². The fourth-order valence-electron chi connectivity index (χ4n) is 2.43. The van der Waals surface area contributed by atoms with Crippen molar-refractivity contribution in [2.24, 2.45) is 7.05 Å². The second-order valence-corrected chi connectivity index (χ2v) is 6.48. The minimum Gasteiger partial charge on any atom is -0.465 e. The summed E-state index contributed by atoms with van der Waals surface area (Å²) in [5, 5.41) is 2.79. The molecule has 2 heterocycles. The second-order valence-electron chi connectivity index (χ2n) is 5.24. The number of benzene rings is 1. The molecular formula is C16H13FIN3O4. The van der Waals surface area contributed by atoms with Crippen LogP contribution in [0.2, 0.25) is 0 Å². The van der Waals surface area contributed by atoms with E-state index in [-0.39, 0.29) is 34.1 Å². The summed E-state index contributed by atoms with van der Waals surface area (Å²) < 4.78 is 26.3. The monoisotopic (exact) mass is 457 g/mol. The number of pyridine rings is 1. The van der Waals surface area contributed by atoms with Crippen LogP contribution in [0.5, 0.6) is 0 Å². The predicted molar refractivity (Wildman–Crippen MR) is 97.7 cm³/mol. The standard InChI is InChI=1S/C16H13FIN3O4/c1-7-19-12-13(25-7)11(16(23)24-3)14(21(2)15(12)22)20-10-5-4-8(18)6-9(10)17/h4-6,20H,1-3H3. The summed E-state index contributed by atoms with van der Waals surface area (Å²) in [6.45, 7) is 1.56. The third kappa shape index (κ3) is 2.99. The van der Waals surface area contributed by atoms with Crippen molar-refractivity contribution >= 4 is 51.2 Å². The molecule has 0 aliphatic rings. The highest BCUT2D eigenvalue weighted by Crippen LogP contribution is 2.29. The molecule has 0 unspecified atom stereocenters. The number of hydrogen-bond donors (Lipinski definition) is 1. The first-order valence-corrected chi connectivity index (χ1v) is 8.22. The molecule has 0 aliphatic carbocycles. The van der Waals surface area contributed by atoms with Crippen molar-refractivity contribution in [3.05, 3.63) is 49.4 Å². The summed E-state index contributed by atoms with van der Waals surface area (Å²) in [5.74, 6) is -0.968. The summed E-state index contributed by atoms with van der Waals surface area (Å²) >= 11 is 1.98. The largest absolute Gasteiger partial charge is 0.465 e. The molecular weight excluding hydrogens is 444 g/mol. The van der Waals surface area contributed by atoms with E-state index in [0.717, 1.165) is 0 Å². The minimum absolute atomic E-state index is 0.000805. The van der Waals surface area contributed by atoms with E-state index < -0.39 is 17.3 Å². The van der Waals surface area contributed by atoms with Gasteiger partial charge in [0.05, 0.1) is 12.8 Å². The number of aryl methyl sites for hydroxylation is 1. The van der Waals surface area contributed by atoms with Gasteiger partial charge in [-0.2, -0.15) is 0 Å². The predicted octanol–water partition coefficient (Wildman–Crippen LogP) is 3.11. The third-order valence-corrected chi connectivity index (χ3v) is 4.29. The van der Waals surface area contributed by atoms with Gasteiger partial charge in [0.25, 0.3) is 5.56 Å². The number of nitrogens with one attached hydrogen (secondary N) is 1. The van der Waals surface area contributed by atoms with Crippen molar-refractivity contribution in [1.29, 1.82) is 0 Å². The van der Waals surface area contributed by atoms with Crippen LogP contribution in [-0.2, 0) is 11.8 Å². The van der Waals surface area contributed by atoms with Crippen molar-refractivity contribution in [2.45, 2.75) is 6.92 Å². The van der Waals surface area contributed by atoms with Gasteiger partial charge in [0.2, 0.25) is 0 Å². The zero-order chi connectivity index (χ0) is 18.3. The maximum atomic E-state index is 14.2. The number of ether oxygens (including phenoxy) is 1. The van der Waals surface area contributed by atoms with Gasteiger partial charge in [-0.3, -0.25) is 9.36 Å². The molecule has 3 rings (SSSR count). The van der Waals surface area contributed by atoms with Crippen LogP contribution in [0.25, 0.3) is 11.1 Å². The Labute approximate surface area is 154 Å². The minimum atomic E-state index is -0.731. The van der Waals surface area contributed by atoms with Crippen LogP contribution >= 0.6 is 22.6 Å². The number of oxazole rings is 1. The Morgan fingerprint density at radius 2 is 2.16 bits per heavy atom. The molecule has 0 spiro atoms. The van der Waals surface area contributed by atoms with E-state index >= 15 is 0 Å². The van der Waals surface area contributed by atoms with Crippen molar-refractivity contribution in [3.8, 4) is 0 Å². The SMILES string of the molecule is COC(=O)c1c(Nc2ccc(I)cc2F)n(C)c(=O)c2nc(C)oc12. The molecule has 0 saturated heterocycles. The van der Waals surface area contributed by atoms with Gasteiger partial charge < -0.3 is 14.5 Å². The molecule has 25 heavy (non-hydrogen) atoms. The molecule has 0 amide bonds. The zero-order valence-corrected chi connectivity index (χ0v) is 15.7. The number of esters is 1. The number of fused-ring (bicyclic) bond motifs is 1. The van der Waals surface area contributed by atoms with E-state index in [9.17, 15) is 14.0 Å². The van der Waals surface area contributed by atoms with Crippen LogP contribution in [0.3, 0.4) is 0 Å². The first-order chi connectivity index (χ1) is 11.8. The molecule has 3 aromatic rings. The lowest BCUT2D eigenvalue weighted by Gasteiger charge is -2.15. The summed E-state index contributed by atoms with van der Waals surface area (Å²) in [4.78, 5) is 28.8. The van der Waals surface area contributed by atoms with Gasteiger partial charge in [-0.25, -0.2) is 14.2 Å². The Kier molecular flexibility index (Phi) is 4.50. The van der Waals surface area contributed by atoms with E-state index in [1.807, 2.05) is 22.6 Å². The summed E-state index contributed by atoms with van der Waals surface area (Å²) in [5.41, 5.74) is -0.392. The molecule has 2 aromatic heterocycles. The average molecular weight is 457 g/mol. The van der Waals surface area contributed by atoms with Gasteiger partial charge in [0, 0.05) is 17.5 Å². The quantitative estimate of drug-likeness (QED) is 0.481. The highest BCUT2D eigenvalue weighted by atomic mass is 127. The molecule has 0 bridgehead atoms. The molecule has 0 aliphatic heterocycles. The second kappa shape index (κ2) is 6.47. The number of rotatable bonds is 3. The number of nitrogens with zero attached hydrogens (tertiary/aromatic N) is 2. The summed E-state index contributed by atoms with van der Waals surface area (Å²) in [6, 6.07) is 4.54. The van der Waals surface area contributed by atoms with Crippen molar-refractivity contribution in [3.63, 3.8) is 0 Å². The van der Waals surface area contributed by atoms with E-state index in [1.54, 1.807) is 13.0 Å². The zero-order valence-electron chi connectivity index (χ0n) is 13.5. The molecule has 0 atom stereocenters. The average Bonchev–Trinajstić information content (AvgIpc) is 2.95. The van der Waals surface area contributed by atoms with Gasteiger partial charge in [-0.1, -0.05) is 0 Å². The van der Waals surface area contributed by atoms with Gasteiger partial charge in [0.15, 0.2) is 17.0 Å². The van der Waals surface area contributed by atoms with E-state index in [0.29, 0.717) is 3.57 Å². The van der Waals surface area contributed by atoms with E-state index in [2.05, 4.69) is 10.3 Å². The van der Waals surface area contributed by atoms with Crippen LogP contribution in [-0.4, -0.2) is 22.6 Å². The van der Waals surface area contributed by atoms with Gasteiger partial charge in [-0.15, -0.1) is 0 Å². The van der Waals surface area contributed by atoms with E-state index in [4.69, 9.17) is 9.15 Å². The smallest absolute Gasteiger partial charge is 0.345 e. The number of anilines is 2. The molecule has 130 valence electrons. The number of carbonyl (C=O) groups excluding carboxylic acids is 1. The molecule has 0 fully saturated rings. The Morgan fingerprint density at radius 1 is 1.44 bits per heavy atom. The molecule has 1 N–H and O–H groups in total. The third-order valence-electron chi connectivity index (χ3n) is 3.61. The van der Waals surface area contributed by atoms with E-state index in [1.165, 1.54) is 30.9 Å². The van der Waals surface area contributed by atoms with Gasteiger partial charge in [0.1, 0.15) is 17.2 Å². The Morgan fingerprint density at radius 3 is 2.80 bits per heavy atom. The molecule has 1 aromatic carbocycles. The molecule has 0 radical (unpaired) electrons. The van der Waals surface area contributed by atoms with Gasteiger partial charge in [-0.05, 0) is 40.8 Å². The Hall–Kier alpha value is -2.43. The first kappa shape index (κ1) is 17.4. The van der Waals surface area contributed by atoms with Crippen molar-refractivity contribution in [1.82, 2.24) is 9.55 Å². The lowest BCUT2D eigenvalue weighted by atomic mass is 10.2. The van der Waals surface area contributed by atoms with Crippen LogP contribution in [0.4, 0.5) is 15.9 Å². The number of halogens is 2. The number of hydrogen-bond acceptors (Lipinski definition) is 6. The topological polar surface area (TPSA) is 86.4 Å². The van der Waals surface area contributed by atoms with Crippen LogP contribution in [0, 0.1) is 16.3 Å². The summed E-state index contributed by atoms with van der Waals surface area (Å²) in [6.07, 6.45) is 0. The number of methoxy groups -OCH3 is 1. The fourth-order valence-corrected chi connectivity index (χ4v) is 2.89. The normalized spacial score (nSPS) is 10.9. The highest BCUT2D eigenvalue weighted by Gasteiger charge is 2.26. The molecule has 9 heteroatoms.